The average Bonchev–Trinajstić information content (AvgIpc) is 3.29. The Hall–Kier alpha value is -2.58. The molecule has 26 heavy (non-hydrogen) atoms. The molecular weight excluding hydrogens is 370 g/mol. The summed E-state index contributed by atoms with van der Waals surface area (Å²) in [5.41, 5.74) is 7.35. The highest BCUT2D eigenvalue weighted by atomic mass is 32.1. The Kier molecular flexibility index (Phi) is 5.75. The van der Waals surface area contributed by atoms with Gasteiger partial charge in [-0.2, -0.15) is 0 Å². The summed E-state index contributed by atoms with van der Waals surface area (Å²) in [5, 5.41) is 5.39. The zero-order chi connectivity index (χ0) is 18.5. The minimum absolute atomic E-state index is 0.0995. The molecule has 0 unspecified atom stereocenters. The number of nitrogens with one attached hydrogen (secondary N) is 1. The number of benzene rings is 1. The second-order valence-electron chi connectivity index (χ2n) is 5.42. The lowest BCUT2D eigenvalue weighted by Crippen LogP contribution is -2.13. The van der Waals surface area contributed by atoms with Gasteiger partial charge < -0.3 is 20.5 Å². The second kappa shape index (κ2) is 8.20. The third-order valence-corrected chi connectivity index (χ3v) is 5.55. The van der Waals surface area contributed by atoms with Crippen molar-refractivity contribution in [3.8, 4) is 22.1 Å². The van der Waals surface area contributed by atoms with Crippen molar-refractivity contribution in [2.75, 3.05) is 25.3 Å². The Morgan fingerprint density at radius 3 is 2.81 bits per heavy atom. The normalized spacial score (nSPS) is 10.5. The largest absolute Gasteiger partial charge is 0.497 e. The number of nitrogen functional groups attached to an aromatic ring is 1. The monoisotopic (exact) mass is 389 g/mol. The fraction of sp³-hybridized carbons (Fsp3) is 0.222. The molecule has 0 bridgehead atoms. The van der Waals surface area contributed by atoms with Gasteiger partial charge in [-0.05, 0) is 30.0 Å². The van der Waals surface area contributed by atoms with E-state index in [0.29, 0.717) is 35.2 Å². The second-order valence-corrected chi connectivity index (χ2v) is 7.48. The highest BCUT2D eigenvalue weighted by molar-refractivity contribution is 7.17. The van der Waals surface area contributed by atoms with Crippen molar-refractivity contribution in [2.24, 2.45) is 0 Å². The van der Waals surface area contributed by atoms with E-state index in [1.807, 2.05) is 17.5 Å². The van der Waals surface area contributed by atoms with Crippen LogP contribution in [0, 0.1) is 0 Å². The van der Waals surface area contributed by atoms with E-state index in [9.17, 15) is 4.79 Å². The van der Waals surface area contributed by atoms with Crippen LogP contribution in [-0.4, -0.2) is 25.1 Å². The number of amides is 1. The fourth-order valence-electron chi connectivity index (χ4n) is 2.49. The summed E-state index contributed by atoms with van der Waals surface area (Å²) in [4.78, 5) is 18.8. The third-order valence-electron chi connectivity index (χ3n) is 3.73. The molecule has 3 N–H and O–H groups in total. The number of carbonyl (C=O) groups is 1. The number of thiophene rings is 1. The summed E-state index contributed by atoms with van der Waals surface area (Å²) in [5.74, 6) is 1.12. The van der Waals surface area contributed by atoms with Gasteiger partial charge in [0.05, 0.1) is 30.5 Å². The minimum atomic E-state index is -0.0995. The van der Waals surface area contributed by atoms with Crippen molar-refractivity contribution in [1.82, 2.24) is 4.98 Å². The number of thiazole rings is 1. The summed E-state index contributed by atoms with van der Waals surface area (Å²) in [6.07, 6.45) is 0.904. The highest BCUT2D eigenvalue weighted by Gasteiger charge is 2.15. The van der Waals surface area contributed by atoms with E-state index in [1.165, 1.54) is 11.3 Å². The van der Waals surface area contributed by atoms with Crippen molar-refractivity contribution in [2.45, 2.75) is 12.8 Å². The van der Waals surface area contributed by atoms with Crippen LogP contribution in [0.2, 0.25) is 0 Å². The lowest BCUT2D eigenvalue weighted by atomic mass is 10.2. The Balaban J connectivity index is 1.67. The summed E-state index contributed by atoms with van der Waals surface area (Å²) >= 11 is 3.03. The number of hydrogen-bond acceptors (Lipinski definition) is 7. The smallest absolute Gasteiger partial charge is 0.224 e. The van der Waals surface area contributed by atoms with E-state index < -0.39 is 0 Å². The van der Waals surface area contributed by atoms with Crippen LogP contribution < -0.4 is 20.5 Å². The molecule has 1 aromatic carbocycles. The predicted molar refractivity (Wildman–Crippen MR) is 106 cm³/mol. The summed E-state index contributed by atoms with van der Waals surface area (Å²) < 4.78 is 10.5. The Morgan fingerprint density at radius 2 is 2.12 bits per heavy atom. The van der Waals surface area contributed by atoms with Gasteiger partial charge in [-0.3, -0.25) is 4.79 Å². The number of nitrogens with zero attached hydrogens (tertiary/aromatic N) is 1. The van der Waals surface area contributed by atoms with Crippen LogP contribution >= 0.6 is 22.7 Å². The van der Waals surface area contributed by atoms with Crippen LogP contribution in [0.1, 0.15) is 11.3 Å². The molecule has 0 saturated heterocycles. The van der Waals surface area contributed by atoms with E-state index in [0.717, 1.165) is 15.4 Å². The Bertz CT molecular complexity index is 891. The van der Waals surface area contributed by atoms with Gasteiger partial charge in [-0.25, -0.2) is 4.98 Å². The zero-order valence-electron chi connectivity index (χ0n) is 14.4. The van der Waals surface area contributed by atoms with Crippen LogP contribution in [0.4, 0.5) is 10.8 Å². The first kappa shape index (κ1) is 18.2. The molecule has 6 nitrogen and oxygen atoms in total. The van der Waals surface area contributed by atoms with Crippen LogP contribution in [0.25, 0.3) is 10.6 Å². The fourth-order valence-corrected chi connectivity index (χ4v) is 4.14. The van der Waals surface area contributed by atoms with E-state index in [4.69, 9.17) is 15.2 Å². The van der Waals surface area contributed by atoms with Gasteiger partial charge in [-0.15, -0.1) is 22.7 Å². The van der Waals surface area contributed by atoms with Crippen LogP contribution in [0.15, 0.2) is 35.7 Å². The van der Waals surface area contributed by atoms with Gasteiger partial charge in [0.2, 0.25) is 5.91 Å². The number of hydrogen-bond donors (Lipinski definition) is 2. The van der Waals surface area contributed by atoms with Crippen LogP contribution in [-0.2, 0) is 11.2 Å². The number of aromatic nitrogens is 1. The molecule has 1 amide bonds. The SMILES string of the molecule is COc1ccc(NC(=O)CCc2sc(N)nc2-c2cccs2)c(OC)c1. The molecule has 0 fully saturated rings. The number of nitrogens with two attached hydrogens (primary N) is 1. The first-order chi connectivity index (χ1) is 12.6. The predicted octanol–water partition coefficient (Wildman–Crippen LogP) is 4.04. The molecular formula is C18H19N3O3S2. The molecule has 0 spiro atoms. The summed E-state index contributed by atoms with van der Waals surface area (Å²) in [6.45, 7) is 0. The number of rotatable bonds is 7. The van der Waals surface area contributed by atoms with E-state index >= 15 is 0 Å². The van der Waals surface area contributed by atoms with Gasteiger partial charge in [0, 0.05) is 17.4 Å². The van der Waals surface area contributed by atoms with Crippen LogP contribution in [0.3, 0.4) is 0 Å². The number of ether oxygens (including phenoxy) is 2. The van der Waals surface area contributed by atoms with Gasteiger partial charge in [0.15, 0.2) is 5.13 Å². The number of aryl methyl sites for hydroxylation is 1. The molecule has 0 aliphatic heterocycles. The molecule has 0 aliphatic rings. The summed E-state index contributed by atoms with van der Waals surface area (Å²) in [7, 11) is 3.14. The van der Waals surface area contributed by atoms with E-state index in [1.54, 1.807) is 43.8 Å². The molecule has 2 heterocycles. The van der Waals surface area contributed by atoms with E-state index in [-0.39, 0.29) is 5.91 Å². The molecule has 0 atom stereocenters. The van der Waals surface area contributed by atoms with Gasteiger partial charge in [0.25, 0.3) is 0 Å². The molecule has 0 aliphatic carbocycles. The lowest BCUT2D eigenvalue weighted by molar-refractivity contribution is -0.116. The van der Waals surface area contributed by atoms with Gasteiger partial charge in [-0.1, -0.05) is 6.07 Å². The number of carbonyl (C=O) groups excluding carboxylic acids is 1. The average molecular weight is 390 g/mol. The van der Waals surface area contributed by atoms with Crippen molar-refractivity contribution >= 4 is 39.4 Å². The number of methoxy groups -OCH3 is 2. The molecule has 3 rings (SSSR count). The minimum Gasteiger partial charge on any atom is -0.497 e. The Labute approximate surface area is 159 Å². The highest BCUT2D eigenvalue weighted by Crippen LogP contribution is 2.34. The van der Waals surface area contributed by atoms with Crippen molar-refractivity contribution in [1.29, 1.82) is 0 Å². The lowest BCUT2D eigenvalue weighted by Gasteiger charge is -2.11. The topological polar surface area (TPSA) is 86.5 Å². The van der Waals surface area contributed by atoms with Crippen molar-refractivity contribution in [3.05, 3.63) is 40.6 Å². The maximum atomic E-state index is 12.4. The molecule has 0 saturated carbocycles. The van der Waals surface area contributed by atoms with E-state index in [2.05, 4.69) is 10.3 Å². The number of anilines is 2. The quantitative estimate of drug-likeness (QED) is 0.637. The maximum absolute atomic E-state index is 12.4. The first-order valence-corrected chi connectivity index (χ1v) is 9.61. The van der Waals surface area contributed by atoms with Crippen molar-refractivity contribution in [3.63, 3.8) is 0 Å². The van der Waals surface area contributed by atoms with Gasteiger partial charge in [0.1, 0.15) is 11.5 Å². The molecule has 0 radical (unpaired) electrons. The Morgan fingerprint density at radius 1 is 1.27 bits per heavy atom. The zero-order valence-corrected chi connectivity index (χ0v) is 16.1. The summed E-state index contributed by atoms with van der Waals surface area (Å²) in [6, 6.07) is 9.25. The molecule has 136 valence electrons. The molecule has 2 aromatic heterocycles. The van der Waals surface area contributed by atoms with Crippen LogP contribution in [0.5, 0.6) is 11.5 Å². The van der Waals surface area contributed by atoms with Crippen molar-refractivity contribution < 1.29 is 14.3 Å². The van der Waals surface area contributed by atoms with Gasteiger partial charge >= 0.3 is 0 Å². The molecule has 3 aromatic rings. The standard InChI is InChI=1S/C18H19N3O3S2/c1-23-11-5-6-12(13(10-11)24-2)20-16(22)8-7-15-17(21-18(19)26-15)14-4-3-9-25-14/h3-6,9-10H,7-8H2,1-2H3,(H2,19,21)(H,20,22). The third kappa shape index (κ3) is 4.14. The molecule has 8 heteroatoms. The maximum Gasteiger partial charge on any atom is 0.224 e. The first-order valence-electron chi connectivity index (χ1n) is 7.91.